The van der Waals surface area contributed by atoms with E-state index in [9.17, 15) is 0 Å². The molecule has 0 aliphatic heterocycles. The highest BCUT2D eigenvalue weighted by molar-refractivity contribution is 7.80. The molecule has 0 aliphatic carbocycles. The Morgan fingerprint density at radius 3 is 3.08 bits per heavy atom. The quantitative estimate of drug-likeness (QED) is 0.716. The Labute approximate surface area is 77.6 Å². The smallest absolute Gasteiger partial charge is 0.167 e. The van der Waals surface area contributed by atoms with E-state index in [1.807, 2.05) is 10.8 Å². The van der Waals surface area contributed by atoms with Gasteiger partial charge in [-0.2, -0.15) is 0 Å². The van der Waals surface area contributed by atoms with Crippen molar-refractivity contribution in [1.82, 2.24) is 9.55 Å². The Morgan fingerprint density at radius 2 is 2.50 bits per heavy atom. The van der Waals surface area contributed by atoms with Gasteiger partial charge in [-0.3, -0.25) is 0 Å². The third-order valence-electron chi connectivity index (χ3n) is 1.69. The maximum Gasteiger partial charge on any atom is 0.167 e. The van der Waals surface area contributed by atoms with Crippen LogP contribution in [-0.2, 0) is 6.54 Å². The standard InChI is InChI=1S/C8H13N3S/c1-2-3-5-11-6-4-10-8(11)7(9)12/h4,6H,2-3,5H2,1H3,(H2,9,12). The lowest BCUT2D eigenvalue weighted by Gasteiger charge is -2.04. The summed E-state index contributed by atoms with van der Waals surface area (Å²) in [7, 11) is 0. The van der Waals surface area contributed by atoms with Crippen LogP contribution in [0.3, 0.4) is 0 Å². The van der Waals surface area contributed by atoms with Gasteiger partial charge in [0.1, 0.15) is 4.99 Å². The molecular weight excluding hydrogens is 170 g/mol. The normalized spacial score (nSPS) is 10.1. The Hall–Kier alpha value is -0.900. The zero-order valence-corrected chi connectivity index (χ0v) is 7.97. The molecule has 0 spiro atoms. The van der Waals surface area contributed by atoms with Crippen molar-refractivity contribution in [2.24, 2.45) is 5.73 Å². The molecule has 4 heteroatoms. The lowest BCUT2D eigenvalue weighted by atomic mass is 10.3. The average Bonchev–Trinajstić information content (AvgIpc) is 2.48. The van der Waals surface area contributed by atoms with Crippen molar-refractivity contribution in [3.63, 3.8) is 0 Å². The van der Waals surface area contributed by atoms with Crippen molar-refractivity contribution in [3.8, 4) is 0 Å². The lowest BCUT2D eigenvalue weighted by Crippen LogP contribution is -2.16. The Balaban J connectivity index is 2.70. The molecule has 1 aromatic rings. The van der Waals surface area contributed by atoms with Crippen LogP contribution in [0.5, 0.6) is 0 Å². The highest BCUT2D eigenvalue weighted by Crippen LogP contribution is 2.00. The van der Waals surface area contributed by atoms with Crippen molar-refractivity contribution in [2.75, 3.05) is 0 Å². The van der Waals surface area contributed by atoms with E-state index < -0.39 is 0 Å². The van der Waals surface area contributed by atoms with Crippen LogP contribution in [0.4, 0.5) is 0 Å². The SMILES string of the molecule is CCCCn1ccnc1C(N)=S. The second-order valence-electron chi connectivity index (χ2n) is 2.66. The van der Waals surface area contributed by atoms with Gasteiger partial charge in [-0.05, 0) is 6.42 Å². The van der Waals surface area contributed by atoms with Gasteiger partial charge in [0, 0.05) is 18.9 Å². The predicted octanol–water partition coefficient (Wildman–Crippen LogP) is 1.32. The molecule has 3 nitrogen and oxygen atoms in total. The molecule has 0 bridgehead atoms. The topological polar surface area (TPSA) is 43.8 Å². The van der Waals surface area contributed by atoms with Crippen LogP contribution >= 0.6 is 12.2 Å². The van der Waals surface area contributed by atoms with Gasteiger partial charge in [-0.15, -0.1) is 0 Å². The minimum Gasteiger partial charge on any atom is -0.387 e. The summed E-state index contributed by atoms with van der Waals surface area (Å²) in [5, 5.41) is 0. The van der Waals surface area contributed by atoms with Crippen LogP contribution in [-0.4, -0.2) is 14.5 Å². The van der Waals surface area contributed by atoms with E-state index in [1.54, 1.807) is 6.20 Å². The first-order valence-electron chi connectivity index (χ1n) is 4.06. The van der Waals surface area contributed by atoms with Gasteiger partial charge in [-0.25, -0.2) is 4.98 Å². The van der Waals surface area contributed by atoms with Gasteiger partial charge < -0.3 is 10.3 Å². The van der Waals surface area contributed by atoms with E-state index in [4.69, 9.17) is 18.0 Å². The summed E-state index contributed by atoms with van der Waals surface area (Å²) < 4.78 is 1.99. The van der Waals surface area contributed by atoms with E-state index in [-0.39, 0.29) is 0 Å². The lowest BCUT2D eigenvalue weighted by molar-refractivity contribution is 0.627. The molecule has 1 heterocycles. The van der Waals surface area contributed by atoms with Crippen LogP contribution in [0.15, 0.2) is 12.4 Å². The Kier molecular flexibility index (Phi) is 3.22. The van der Waals surface area contributed by atoms with Crippen LogP contribution in [0.1, 0.15) is 25.6 Å². The molecule has 1 rings (SSSR count). The fourth-order valence-electron chi connectivity index (χ4n) is 1.04. The van der Waals surface area contributed by atoms with Crippen LogP contribution in [0.2, 0.25) is 0 Å². The van der Waals surface area contributed by atoms with E-state index in [1.165, 1.54) is 0 Å². The molecule has 12 heavy (non-hydrogen) atoms. The number of rotatable bonds is 4. The Morgan fingerprint density at radius 1 is 1.75 bits per heavy atom. The summed E-state index contributed by atoms with van der Waals surface area (Å²) >= 11 is 4.85. The molecule has 0 aromatic carbocycles. The summed E-state index contributed by atoms with van der Waals surface area (Å²) in [6, 6.07) is 0. The summed E-state index contributed by atoms with van der Waals surface area (Å²) in [6.45, 7) is 3.10. The van der Waals surface area contributed by atoms with Gasteiger partial charge in [-0.1, -0.05) is 25.6 Å². The van der Waals surface area contributed by atoms with E-state index in [2.05, 4.69) is 11.9 Å². The molecule has 1 aromatic heterocycles. The number of thiocarbonyl (C=S) groups is 1. The van der Waals surface area contributed by atoms with Crippen LogP contribution in [0.25, 0.3) is 0 Å². The number of hydrogen-bond donors (Lipinski definition) is 1. The van der Waals surface area contributed by atoms with E-state index in [0.717, 1.165) is 25.2 Å². The highest BCUT2D eigenvalue weighted by atomic mass is 32.1. The molecule has 0 unspecified atom stereocenters. The number of unbranched alkanes of at least 4 members (excludes halogenated alkanes) is 1. The summed E-state index contributed by atoms with van der Waals surface area (Å²) in [5.74, 6) is 0.721. The van der Waals surface area contributed by atoms with Gasteiger partial charge in [0.2, 0.25) is 0 Å². The third kappa shape index (κ3) is 2.04. The van der Waals surface area contributed by atoms with Gasteiger partial charge in [0.05, 0.1) is 0 Å². The fraction of sp³-hybridized carbons (Fsp3) is 0.500. The molecule has 0 saturated carbocycles. The number of imidazole rings is 1. The van der Waals surface area contributed by atoms with E-state index >= 15 is 0 Å². The maximum atomic E-state index is 5.48. The second kappa shape index (κ2) is 4.21. The zero-order valence-electron chi connectivity index (χ0n) is 7.16. The average molecular weight is 183 g/mol. The molecule has 0 aliphatic rings. The summed E-state index contributed by atoms with van der Waals surface area (Å²) in [5.41, 5.74) is 5.48. The van der Waals surface area contributed by atoms with Gasteiger partial charge >= 0.3 is 0 Å². The number of nitrogens with zero attached hydrogens (tertiary/aromatic N) is 2. The molecule has 66 valence electrons. The minimum absolute atomic E-state index is 0.371. The molecule has 0 fully saturated rings. The second-order valence-corrected chi connectivity index (χ2v) is 3.10. The van der Waals surface area contributed by atoms with Gasteiger partial charge in [0.25, 0.3) is 0 Å². The zero-order chi connectivity index (χ0) is 8.97. The van der Waals surface area contributed by atoms with Crippen LogP contribution in [0, 0.1) is 0 Å². The summed E-state index contributed by atoms with van der Waals surface area (Å²) in [4.78, 5) is 4.44. The first-order chi connectivity index (χ1) is 5.75. The monoisotopic (exact) mass is 183 g/mol. The fourth-order valence-corrected chi connectivity index (χ4v) is 1.21. The van der Waals surface area contributed by atoms with Crippen molar-refractivity contribution in [3.05, 3.63) is 18.2 Å². The largest absolute Gasteiger partial charge is 0.387 e. The first-order valence-corrected chi connectivity index (χ1v) is 4.47. The number of hydrogen-bond acceptors (Lipinski definition) is 2. The van der Waals surface area contributed by atoms with Crippen molar-refractivity contribution in [1.29, 1.82) is 0 Å². The Bertz CT molecular complexity index is 267. The van der Waals surface area contributed by atoms with Crippen molar-refractivity contribution in [2.45, 2.75) is 26.3 Å². The number of nitrogens with two attached hydrogens (primary N) is 1. The van der Waals surface area contributed by atoms with Crippen molar-refractivity contribution < 1.29 is 0 Å². The third-order valence-corrected chi connectivity index (χ3v) is 1.87. The summed E-state index contributed by atoms with van der Waals surface area (Å²) in [6.07, 6.45) is 5.93. The van der Waals surface area contributed by atoms with E-state index in [0.29, 0.717) is 4.99 Å². The molecule has 0 saturated heterocycles. The molecule has 0 atom stereocenters. The predicted molar refractivity (Wildman–Crippen MR) is 53.0 cm³/mol. The number of aromatic nitrogens is 2. The van der Waals surface area contributed by atoms with Gasteiger partial charge in [0.15, 0.2) is 5.82 Å². The number of aryl methyl sites for hydroxylation is 1. The molecule has 2 N–H and O–H groups in total. The molecule has 0 radical (unpaired) electrons. The molecule has 0 amide bonds. The minimum atomic E-state index is 0.371. The van der Waals surface area contributed by atoms with Crippen LogP contribution < -0.4 is 5.73 Å². The first kappa shape index (κ1) is 9.19. The highest BCUT2D eigenvalue weighted by Gasteiger charge is 2.03. The molecular formula is C8H13N3S. The maximum absolute atomic E-state index is 5.48. The van der Waals surface area contributed by atoms with Crippen molar-refractivity contribution >= 4 is 17.2 Å².